The number of hydrogen-bond acceptors (Lipinski definition) is 2. The molecule has 3 heteroatoms. The quantitative estimate of drug-likeness (QED) is 0.763. The third kappa shape index (κ3) is 2.51. The Labute approximate surface area is 92.2 Å². The third-order valence-electron chi connectivity index (χ3n) is 3.67. The molecule has 2 aliphatic rings. The van der Waals surface area contributed by atoms with Crippen LogP contribution in [0.1, 0.15) is 39.0 Å². The van der Waals surface area contributed by atoms with Crippen molar-refractivity contribution in [2.75, 3.05) is 20.1 Å². The van der Waals surface area contributed by atoms with Crippen LogP contribution in [0, 0.1) is 5.92 Å². The number of carbonyl (C=O) groups excluding carboxylic acids is 1. The van der Waals surface area contributed by atoms with E-state index in [9.17, 15) is 4.79 Å². The average Bonchev–Trinajstić information content (AvgIpc) is 3.01. The third-order valence-corrected chi connectivity index (χ3v) is 3.67. The Bertz CT molecular complexity index is 242. The van der Waals surface area contributed by atoms with E-state index in [-0.39, 0.29) is 11.4 Å². The molecular weight excluding hydrogens is 188 g/mol. The Hall–Kier alpha value is -0.570. The summed E-state index contributed by atoms with van der Waals surface area (Å²) in [5, 5.41) is 3.38. The van der Waals surface area contributed by atoms with Gasteiger partial charge in [-0.2, -0.15) is 0 Å². The predicted molar refractivity (Wildman–Crippen MR) is 60.6 cm³/mol. The molecule has 15 heavy (non-hydrogen) atoms. The number of carbonyl (C=O) groups is 1. The molecule has 1 N–H and O–H groups in total. The van der Waals surface area contributed by atoms with Crippen LogP contribution in [0.5, 0.6) is 0 Å². The smallest absolute Gasteiger partial charge is 0.242 e. The van der Waals surface area contributed by atoms with Crippen molar-refractivity contribution in [3.05, 3.63) is 0 Å². The summed E-state index contributed by atoms with van der Waals surface area (Å²) in [6, 6.07) is 0. The van der Waals surface area contributed by atoms with Gasteiger partial charge in [0.05, 0.1) is 5.54 Å². The molecule has 1 aliphatic heterocycles. The Kier molecular flexibility index (Phi) is 3.01. The largest absolute Gasteiger partial charge is 0.344 e. The normalized spacial score (nSPS) is 31.3. The van der Waals surface area contributed by atoms with Gasteiger partial charge in [0.15, 0.2) is 0 Å². The number of likely N-dealkylation sites (N-methyl/N-ethyl adjacent to an activating group) is 1. The van der Waals surface area contributed by atoms with Crippen molar-refractivity contribution in [3.8, 4) is 0 Å². The van der Waals surface area contributed by atoms with Crippen molar-refractivity contribution >= 4 is 5.91 Å². The molecule has 86 valence electrons. The highest BCUT2D eigenvalue weighted by Crippen LogP contribution is 2.30. The lowest BCUT2D eigenvalue weighted by Gasteiger charge is -2.36. The van der Waals surface area contributed by atoms with Gasteiger partial charge in [0, 0.05) is 13.6 Å². The maximum absolute atomic E-state index is 12.2. The molecule has 0 bridgehead atoms. The maximum atomic E-state index is 12.2. The summed E-state index contributed by atoms with van der Waals surface area (Å²) >= 11 is 0. The van der Waals surface area contributed by atoms with Gasteiger partial charge in [0.1, 0.15) is 0 Å². The zero-order valence-corrected chi connectivity index (χ0v) is 9.88. The van der Waals surface area contributed by atoms with Crippen LogP contribution in [-0.4, -0.2) is 36.5 Å². The van der Waals surface area contributed by atoms with Crippen LogP contribution in [0.2, 0.25) is 0 Å². The second-order valence-corrected chi connectivity index (χ2v) is 5.35. The standard InChI is InChI=1S/C12H22N2O/c1-12(7-3-4-8-13-12)11(15)14(2)9-10-5-6-10/h10,13H,3-9H2,1-2H3. The maximum Gasteiger partial charge on any atom is 0.242 e. The van der Waals surface area contributed by atoms with E-state index in [1.165, 1.54) is 25.7 Å². The van der Waals surface area contributed by atoms with Crippen molar-refractivity contribution in [3.63, 3.8) is 0 Å². The fourth-order valence-corrected chi connectivity index (χ4v) is 2.43. The van der Waals surface area contributed by atoms with Gasteiger partial charge < -0.3 is 10.2 Å². The van der Waals surface area contributed by atoms with Crippen LogP contribution in [-0.2, 0) is 4.79 Å². The van der Waals surface area contributed by atoms with Crippen LogP contribution >= 0.6 is 0 Å². The Balaban J connectivity index is 1.91. The fourth-order valence-electron chi connectivity index (χ4n) is 2.43. The fraction of sp³-hybridized carbons (Fsp3) is 0.917. The molecule has 0 aromatic heterocycles. The summed E-state index contributed by atoms with van der Waals surface area (Å²) < 4.78 is 0. The Morgan fingerprint density at radius 1 is 1.47 bits per heavy atom. The summed E-state index contributed by atoms with van der Waals surface area (Å²) in [5.41, 5.74) is -0.290. The Morgan fingerprint density at radius 2 is 2.20 bits per heavy atom. The number of piperidine rings is 1. The van der Waals surface area contributed by atoms with Crippen LogP contribution in [0.15, 0.2) is 0 Å². The van der Waals surface area contributed by atoms with Gasteiger partial charge in [-0.15, -0.1) is 0 Å². The first-order valence-corrected chi connectivity index (χ1v) is 6.12. The lowest BCUT2D eigenvalue weighted by atomic mass is 9.89. The minimum atomic E-state index is -0.290. The lowest BCUT2D eigenvalue weighted by molar-refractivity contribution is -0.137. The van der Waals surface area contributed by atoms with Crippen molar-refractivity contribution < 1.29 is 4.79 Å². The SMILES string of the molecule is CN(CC1CC1)C(=O)C1(C)CCCCN1. The average molecular weight is 210 g/mol. The van der Waals surface area contributed by atoms with Gasteiger partial charge in [0.25, 0.3) is 0 Å². The summed E-state index contributed by atoms with van der Waals surface area (Å²) in [4.78, 5) is 14.2. The summed E-state index contributed by atoms with van der Waals surface area (Å²) in [5.74, 6) is 1.07. The molecule has 2 fully saturated rings. The van der Waals surface area contributed by atoms with Gasteiger partial charge >= 0.3 is 0 Å². The van der Waals surface area contributed by atoms with Gasteiger partial charge in [-0.1, -0.05) is 0 Å². The first-order valence-electron chi connectivity index (χ1n) is 6.12. The summed E-state index contributed by atoms with van der Waals surface area (Å²) in [6.45, 7) is 3.99. The van der Waals surface area contributed by atoms with Gasteiger partial charge in [-0.3, -0.25) is 4.79 Å². The zero-order valence-electron chi connectivity index (χ0n) is 9.88. The highest BCUT2D eigenvalue weighted by atomic mass is 16.2. The van der Waals surface area contributed by atoms with Crippen molar-refractivity contribution in [2.45, 2.75) is 44.6 Å². The molecule has 1 saturated heterocycles. The number of nitrogens with one attached hydrogen (secondary N) is 1. The number of nitrogens with zero attached hydrogens (tertiary/aromatic N) is 1. The van der Waals surface area contributed by atoms with E-state index in [2.05, 4.69) is 12.2 Å². The molecule has 1 unspecified atom stereocenters. The molecule has 1 heterocycles. The predicted octanol–water partition coefficient (Wildman–Crippen LogP) is 1.39. The van der Waals surface area contributed by atoms with Crippen LogP contribution in [0.25, 0.3) is 0 Å². The number of hydrogen-bond donors (Lipinski definition) is 1. The van der Waals surface area contributed by atoms with E-state index in [1.807, 2.05) is 11.9 Å². The molecule has 0 aromatic rings. The number of rotatable bonds is 3. The molecule has 1 saturated carbocycles. The van der Waals surface area contributed by atoms with Crippen molar-refractivity contribution in [1.82, 2.24) is 10.2 Å². The second-order valence-electron chi connectivity index (χ2n) is 5.35. The highest BCUT2D eigenvalue weighted by Gasteiger charge is 2.37. The molecule has 2 rings (SSSR count). The first-order chi connectivity index (χ1) is 7.12. The van der Waals surface area contributed by atoms with Crippen molar-refractivity contribution in [1.29, 1.82) is 0 Å². The lowest BCUT2D eigenvalue weighted by Crippen LogP contribution is -2.57. The monoisotopic (exact) mass is 210 g/mol. The summed E-state index contributed by atoms with van der Waals surface area (Å²) in [7, 11) is 1.95. The summed E-state index contributed by atoms with van der Waals surface area (Å²) in [6.07, 6.45) is 5.98. The van der Waals surface area contributed by atoms with Crippen molar-refractivity contribution in [2.24, 2.45) is 5.92 Å². The molecule has 3 nitrogen and oxygen atoms in total. The zero-order chi connectivity index (χ0) is 10.9. The van der Waals surface area contributed by atoms with E-state index >= 15 is 0 Å². The van der Waals surface area contributed by atoms with E-state index in [0.717, 1.165) is 25.4 Å². The molecule has 1 atom stereocenters. The van der Waals surface area contributed by atoms with Gasteiger partial charge in [0.2, 0.25) is 5.91 Å². The molecule has 0 radical (unpaired) electrons. The van der Waals surface area contributed by atoms with Crippen LogP contribution < -0.4 is 5.32 Å². The number of amides is 1. The molecule has 1 aliphatic carbocycles. The van der Waals surface area contributed by atoms with E-state index in [4.69, 9.17) is 0 Å². The molecule has 1 amide bonds. The second kappa shape index (κ2) is 4.12. The van der Waals surface area contributed by atoms with Gasteiger partial charge in [-0.25, -0.2) is 0 Å². The topological polar surface area (TPSA) is 32.3 Å². The van der Waals surface area contributed by atoms with E-state index in [0.29, 0.717) is 0 Å². The minimum Gasteiger partial charge on any atom is -0.344 e. The van der Waals surface area contributed by atoms with Crippen LogP contribution in [0.3, 0.4) is 0 Å². The highest BCUT2D eigenvalue weighted by molar-refractivity contribution is 5.85. The van der Waals surface area contributed by atoms with E-state index in [1.54, 1.807) is 0 Å². The molecule has 0 spiro atoms. The van der Waals surface area contributed by atoms with Crippen LogP contribution in [0.4, 0.5) is 0 Å². The molecule has 0 aromatic carbocycles. The Morgan fingerprint density at radius 3 is 2.73 bits per heavy atom. The minimum absolute atomic E-state index is 0.286. The van der Waals surface area contributed by atoms with Gasteiger partial charge in [-0.05, 0) is 51.5 Å². The van der Waals surface area contributed by atoms with E-state index < -0.39 is 0 Å². The molecular formula is C12H22N2O. The first kappa shape index (κ1) is 10.9.